The number of carbonyl (C=O) groups is 2. The van der Waals surface area contributed by atoms with Gasteiger partial charge in [0.25, 0.3) is 0 Å². The van der Waals surface area contributed by atoms with Gasteiger partial charge in [-0.05, 0) is 29.2 Å². The molecule has 0 unspecified atom stereocenters. The zero-order valence-corrected chi connectivity index (χ0v) is 17.1. The van der Waals surface area contributed by atoms with E-state index >= 15 is 4.39 Å². The first-order chi connectivity index (χ1) is 14.9. The van der Waals surface area contributed by atoms with Crippen LogP contribution in [0.2, 0.25) is 0 Å². The Labute approximate surface area is 179 Å². The summed E-state index contributed by atoms with van der Waals surface area (Å²) in [5.74, 6) is 0.603. The quantitative estimate of drug-likeness (QED) is 0.772. The van der Waals surface area contributed by atoms with Crippen LogP contribution in [0.4, 0.5) is 14.0 Å². The van der Waals surface area contributed by atoms with E-state index in [-0.39, 0.29) is 45.2 Å². The predicted molar refractivity (Wildman–Crippen MR) is 111 cm³/mol. The standard InChI is InChI=1S/C23H25FN2O5/c24-23(8-10-26(11-9-23)22(28)29)18-7-6-17-12-19(15-30-20(17)13-18)25-21(27)31-14-16-4-2-1-3-5-16/h1-7,13,19H,8-12,14-15H2,(H,25,27)(H,28,29)/t19-/m0/s1. The summed E-state index contributed by atoms with van der Waals surface area (Å²) in [6.45, 7) is 0.794. The largest absolute Gasteiger partial charge is 0.491 e. The Kier molecular flexibility index (Phi) is 5.97. The lowest BCUT2D eigenvalue weighted by molar-refractivity contribution is 0.0548. The second kappa shape index (κ2) is 8.83. The summed E-state index contributed by atoms with van der Waals surface area (Å²) in [6, 6.07) is 14.4. The van der Waals surface area contributed by atoms with Gasteiger partial charge >= 0.3 is 12.2 Å². The van der Waals surface area contributed by atoms with Crippen LogP contribution in [0.3, 0.4) is 0 Å². The van der Waals surface area contributed by atoms with Gasteiger partial charge in [0.05, 0.1) is 6.04 Å². The number of hydrogen-bond acceptors (Lipinski definition) is 4. The molecule has 31 heavy (non-hydrogen) atoms. The Morgan fingerprint density at radius 3 is 2.65 bits per heavy atom. The van der Waals surface area contributed by atoms with Gasteiger partial charge < -0.3 is 24.8 Å². The molecule has 4 rings (SSSR count). The fourth-order valence-electron chi connectivity index (χ4n) is 4.02. The summed E-state index contributed by atoms with van der Waals surface area (Å²) in [6.07, 6.45) is -0.727. The van der Waals surface area contributed by atoms with Crippen LogP contribution in [0.5, 0.6) is 5.75 Å². The van der Waals surface area contributed by atoms with Crippen LogP contribution >= 0.6 is 0 Å². The third-order valence-corrected chi connectivity index (χ3v) is 5.85. The van der Waals surface area contributed by atoms with Gasteiger partial charge in [0.2, 0.25) is 0 Å². The smallest absolute Gasteiger partial charge is 0.407 e. The van der Waals surface area contributed by atoms with Crippen LogP contribution in [-0.4, -0.2) is 47.9 Å². The summed E-state index contributed by atoms with van der Waals surface area (Å²) < 4.78 is 26.5. The van der Waals surface area contributed by atoms with Crippen molar-refractivity contribution in [1.29, 1.82) is 0 Å². The third-order valence-electron chi connectivity index (χ3n) is 5.85. The lowest BCUT2D eigenvalue weighted by Crippen LogP contribution is -2.43. The van der Waals surface area contributed by atoms with Crippen molar-refractivity contribution < 1.29 is 28.6 Å². The van der Waals surface area contributed by atoms with Crippen molar-refractivity contribution in [1.82, 2.24) is 10.2 Å². The number of nitrogens with one attached hydrogen (secondary N) is 1. The van der Waals surface area contributed by atoms with Crippen molar-refractivity contribution in [2.24, 2.45) is 0 Å². The first-order valence-electron chi connectivity index (χ1n) is 10.3. The Morgan fingerprint density at radius 1 is 1.19 bits per heavy atom. The molecule has 1 saturated heterocycles. The molecular weight excluding hydrogens is 403 g/mol. The number of rotatable bonds is 4. The second-order valence-corrected chi connectivity index (χ2v) is 7.98. The summed E-state index contributed by atoms with van der Waals surface area (Å²) in [5.41, 5.74) is 0.727. The van der Waals surface area contributed by atoms with Crippen LogP contribution in [0.15, 0.2) is 48.5 Å². The maximum absolute atomic E-state index is 15.4. The highest BCUT2D eigenvalue weighted by molar-refractivity contribution is 5.68. The zero-order valence-electron chi connectivity index (χ0n) is 17.1. The lowest BCUT2D eigenvalue weighted by Gasteiger charge is -2.36. The number of likely N-dealkylation sites (tertiary alicyclic amines) is 1. The van der Waals surface area contributed by atoms with Crippen molar-refractivity contribution in [3.63, 3.8) is 0 Å². The van der Waals surface area contributed by atoms with Gasteiger partial charge in [0, 0.05) is 25.9 Å². The number of alkyl halides is 1. The van der Waals surface area contributed by atoms with E-state index in [4.69, 9.17) is 14.6 Å². The highest BCUT2D eigenvalue weighted by Gasteiger charge is 2.38. The molecule has 1 fully saturated rings. The number of alkyl carbamates (subject to hydrolysis) is 1. The summed E-state index contributed by atoms with van der Waals surface area (Å²) in [5, 5.41) is 11.9. The molecule has 2 aliphatic heterocycles. The average Bonchev–Trinajstić information content (AvgIpc) is 2.78. The molecule has 0 aromatic heterocycles. The van der Waals surface area contributed by atoms with Crippen molar-refractivity contribution in [2.45, 2.75) is 37.6 Å². The molecule has 2 heterocycles. The van der Waals surface area contributed by atoms with E-state index < -0.39 is 17.9 Å². The van der Waals surface area contributed by atoms with Gasteiger partial charge in [0.1, 0.15) is 24.6 Å². The molecule has 0 bridgehead atoms. The maximum Gasteiger partial charge on any atom is 0.407 e. The molecule has 8 heteroatoms. The number of benzene rings is 2. The molecule has 0 saturated carbocycles. The van der Waals surface area contributed by atoms with E-state index in [9.17, 15) is 9.59 Å². The number of carbonyl (C=O) groups excluding carboxylic acids is 1. The molecule has 7 nitrogen and oxygen atoms in total. The lowest BCUT2D eigenvalue weighted by atomic mass is 9.85. The van der Waals surface area contributed by atoms with Crippen molar-refractivity contribution in [3.8, 4) is 5.75 Å². The number of fused-ring (bicyclic) bond motifs is 1. The van der Waals surface area contributed by atoms with Crippen LogP contribution in [0, 0.1) is 0 Å². The van der Waals surface area contributed by atoms with Crippen molar-refractivity contribution in [3.05, 3.63) is 65.2 Å². The van der Waals surface area contributed by atoms with E-state index in [1.54, 1.807) is 12.1 Å². The van der Waals surface area contributed by atoms with Crippen LogP contribution in [0.25, 0.3) is 0 Å². The van der Waals surface area contributed by atoms with Gasteiger partial charge in [-0.2, -0.15) is 0 Å². The van der Waals surface area contributed by atoms with Crippen molar-refractivity contribution in [2.75, 3.05) is 19.7 Å². The van der Waals surface area contributed by atoms with E-state index in [1.165, 1.54) is 4.90 Å². The molecule has 1 atom stereocenters. The van der Waals surface area contributed by atoms with Crippen LogP contribution < -0.4 is 10.1 Å². The van der Waals surface area contributed by atoms with Crippen LogP contribution in [-0.2, 0) is 23.4 Å². The average molecular weight is 428 g/mol. The van der Waals surface area contributed by atoms with Crippen molar-refractivity contribution >= 4 is 12.2 Å². The molecule has 0 aliphatic carbocycles. The first kappa shape index (κ1) is 21.0. The van der Waals surface area contributed by atoms with Gasteiger partial charge in [0.15, 0.2) is 0 Å². The van der Waals surface area contributed by atoms with E-state index in [2.05, 4.69) is 5.32 Å². The van der Waals surface area contributed by atoms with E-state index in [0.717, 1.165) is 11.1 Å². The highest BCUT2D eigenvalue weighted by atomic mass is 19.1. The highest BCUT2D eigenvalue weighted by Crippen LogP contribution is 2.40. The first-order valence-corrected chi connectivity index (χ1v) is 10.3. The summed E-state index contributed by atoms with van der Waals surface area (Å²) in [7, 11) is 0. The molecule has 2 aliphatic rings. The number of halogens is 1. The molecular formula is C23H25FN2O5. The molecule has 2 amide bonds. The Balaban J connectivity index is 1.33. The Morgan fingerprint density at radius 2 is 1.94 bits per heavy atom. The molecule has 2 aromatic rings. The number of carboxylic acid groups (broad SMARTS) is 1. The monoisotopic (exact) mass is 428 g/mol. The van der Waals surface area contributed by atoms with E-state index in [0.29, 0.717) is 17.7 Å². The number of piperidine rings is 1. The van der Waals surface area contributed by atoms with Gasteiger partial charge in [-0.1, -0.05) is 42.5 Å². The Bertz CT molecular complexity index is 944. The Hall–Kier alpha value is -3.29. The maximum atomic E-state index is 15.4. The minimum absolute atomic E-state index is 0.121. The number of ether oxygens (including phenoxy) is 2. The number of amides is 2. The minimum Gasteiger partial charge on any atom is -0.491 e. The van der Waals surface area contributed by atoms with Gasteiger partial charge in [-0.15, -0.1) is 0 Å². The van der Waals surface area contributed by atoms with E-state index in [1.807, 2.05) is 36.4 Å². The third kappa shape index (κ3) is 4.90. The van der Waals surface area contributed by atoms with Gasteiger partial charge in [-0.3, -0.25) is 0 Å². The topological polar surface area (TPSA) is 88.1 Å². The predicted octanol–water partition coefficient (Wildman–Crippen LogP) is 3.86. The molecule has 0 spiro atoms. The fourth-order valence-corrected chi connectivity index (χ4v) is 4.02. The normalized spacial score (nSPS) is 19.6. The summed E-state index contributed by atoms with van der Waals surface area (Å²) >= 11 is 0. The minimum atomic E-state index is -1.57. The number of hydrogen-bond donors (Lipinski definition) is 2. The molecule has 0 radical (unpaired) electrons. The number of nitrogens with zero attached hydrogens (tertiary/aromatic N) is 1. The van der Waals surface area contributed by atoms with Gasteiger partial charge in [-0.25, -0.2) is 14.0 Å². The zero-order chi connectivity index (χ0) is 21.8. The molecule has 2 N–H and O–H groups in total. The summed E-state index contributed by atoms with van der Waals surface area (Å²) in [4.78, 5) is 24.4. The molecule has 164 valence electrons. The SMILES string of the molecule is O=C(N[C@@H]1COc2cc(C3(F)CCN(C(=O)O)CC3)ccc2C1)OCc1ccccc1. The second-order valence-electron chi connectivity index (χ2n) is 7.98. The fraction of sp³-hybridized carbons (Fsp3) is 0.391. The van der Waals surface area contributed by atoms with Crippen LogP contribution in [0.1, 0.15) is 29.5 Å². The molecule has 2 aromatic carbocycles.